The highest BCUT2D eigenvalue weighted by Crippen LogP contribution is 2.29. The summed E-state index contributed by atoms with van der Waals surface area (Å²) >= 11 is 12.1. The fourth-order valence-corrected chi connectivity index (χ4v) is 3.45. The van der Waals surface area contributed by atoms with Crippen LogP contribution >= 0.6 is 23.2 Å². The summed E-state index contributed by atoms with van der Waals surface area (Å²) in [6.07, 6.45) is 1.06. The van der Waals surface area contributed by atoms with E-state index in [1.165, 1.54) is 0 Å². The normalized spacial score (nSPS) is 21.5. The number of halogens is 3. The van der Waals surface area contributed by atoms with Gasteiger partial charge in [0, 0.05) is 29.2 Å². The van der Waals surface area contributed by atoms with Crippen molar-refractivity contribution >= 4 is 35.0 Å². The van der Waals surface area contributed by atoms with E-state index >= 15 is 0 Å². The number of aliphatic hydroxyl groups excluding tert-OH is 1. The number of piperidine rings is 1. The predicted octanol–water partition coefficient (Wildman–Crippen LogP) is 2.99. The number of anilines is 2. The Morgan fingerprint density at radius 1 is 1.42 bits per heavy atom. The quantitative estimate of drug-likeness (QED) is 0.732. The van der Waals surface area contributed by atoms with Gasteiger partial charge in [0.2, 0.25) is 5.95 Å². The molecule has 0 aliphatic carbocycles. The van der Waals surface area contributed by atoms with Gasteiger partial charge in [-0.15, -0.1) is 0 Å². The average Bonchev–Trinajstić information content (AvgIpc) is 2.59. The van der Waals surface area contributed by atoms with Crippen LogP contribution in [0.2, 0.25) is 10.0 Å². The zero-order valence-electron chi connectivity index (χ0n) is 14.2. The molecule has 0 saturated carbocycles. The molecule has 26 heavy (non-hydrogen) atoms. The lowest BCUT2D eigenvalue weighted by Crippen LogP contribution is -2.51. The van der Waals surface area contributed by atoms with Gasteiger partial charge in [-0.1, -0.05) is 29.3 Å². The van der Waals surface area contributed by atoms with Crippen LogP contribution in [0.25, 0.3) is 0 Å². The largest absolute Gasteiger partial charge is 0.390 e. The first-order valence-electron chi connectivity index (χ1n) is 8.27. The van der Waals surface area contributed by atoms with E-state index in [1.54, 1.807) is 23.1 Å². The molecule has 0 amide bonds. The van der Waals surface area contributed by atoms with E-state index in [1.807, 2.05) is 6.92 Å². The molecule has 3 rings (SSSR count). The minimum absolute atomic E-state index is 0.0675. The standard InChI is InChI=1S/C17H20Cl2FN5O/c1-9(11-3-2-10(18)6-12(11)19)23-16-13(20)7-22-17(24-16)25-5-4-14(21)15(26)8-25/h2-3,6-7,9,14-15,26H,4-5,8,21H2,1H3,(H,22,23,24). The molecule has 0 radical (unpaired) electrons. The molecule has 2 heterocycles. The van der Waals surface area contributed by atoms with Gasteiger partial charge in [0.25, 0.3) is 0 Å². The van der Waals surface area contributed by atoms with E-state index in [9.17, 15) is 9.50 Å². The highest BCUT2D eigenvalue weighted by molar-refractivity contribution is 6.35. The van der Waals surface area contributed by atoms with Crippen LogP contribution in [0.15, 0.2) is 24.4 Å². The number of nitrogens with zero attached hydrogens (tertiary/aromatic N) is 3. The van der Waals surface area contributed by atoms with Crippen LogP contribution in [0.5, 0.6) is 0 Å². The second kappa shape index (κ2) is 7.92. The molecule has 1 aliphatic heterocycles. The molecule has 1 saturated heterocycles. The van der Waals surface area contributed by atoms with Crippen molar-refractivity contribution in [2.45, 2.75) is 31.5 Å². The lowest BCUT2D eigenvalue weighted by atomic mass is 10.0. The number of benzene rings is 1. The minimum atomic E-state index is -0.666. The molecular weight excluding hydrogens is 380 g/mol. The minimum Gasteiger partial charge on any atom is -0.390 e. The third kappa shape index (κ3) is 4.17. The molecule has 3 atom stereocenters. The monoisotopic (exact) mass is 399 g/mol. The third-order valence-electron chi connectivity index (χ3n) is 4.43. The van der Waals surface area contributed by atoms with Crippen LogP contribution in [-0.4, -0.2) is 40.3 Å². The molecule has 0 spiro atoms. The molecule has 2 aromatic rings. The summed E-state index contributed by atoms with van der Waals surface area (Å²) in [4.78, 5) is 10.1. The Morgan fingerprint density at radius 2 is 2.19 bits per heavy atom. The van der Waals surface area contributed by atoms with E-state index in [0.29, 0.717) is 35.5 Å². The number of aliphatic hydroxyl groups is 1. The van der Waals surface area contributed by atoms with E-state index < -0.39 is 11.9 Å². The van der Waals surface area contributed by atoms with Crippen LogP contribution in [-0.2, 0) is 0 Å². The number of nitrogens with one attached hydrogen (secondary N) is 1. The van der Waals surface area contributed by atoms with Crippen molar-refractivity contribution in [2.75, 3.05) is 23.3 Å². The molecule has 3 unspecified atom stereocenters. The Labute approximate surface area is 161 Å². The van der Waals surface area contributed by atoms with E-state index in [4.69, 9.17) is 28.9 Å². The van der Waals surface area contributed by atoms with Gasteiger partial charge in [-0.3, -0.25) is 0 Å². The molecule has 1 aromatic carbocycles. The fourth-order valence-electron chi connectivity index (χ4n) is 2.88. The van der Waals surface area contributed by atoms with Crippen LogP contribution in [0, 0.1) is 5.82 Å². The lowest BCUT2D eigenvalue weighted by Gasteiger charge is -2.34. The molecule has 6 nitrogen and oxygen atoms in total. The molecule has 0 bridgehead atoms. The van der Waals surface area contributed by atoms with Gasteiger partial charge < -0.3 is 21.1 Å². The highest BCUT2D eigenvalue weighted by atomic mass is 35.5. The van der Waals surface area contributed by atoms with Gasteiger partial charge >= 0.3 is 0 Å². The Balaban J connectivity index is 1.79. The van der Waals surface area contributed by atoms with Crippen molar-refractivity contribution in [3.05, 3.63) is 45.8 Å². The summed E-state index contributed by atoms with van der Waals surface area (Å²) in [5, 5.41) is 14.0. The second-order valence-corrected chi connectivity index (χ2v) is 7.21. The van der Waals surface area contributed by atoms with E-state index in [-0.39, 0.29) is 17.9 Å². The number of aromatic nitrogens is 2. The number of nitrogens with two attached hydrogens (primary N) is 1. The van der Waals surface area contributed by atoms with Crippen LogP contribution in [0.1, 0.15) is 24.9 Å². The first-order chi connectivity index (χ1) is 12.3. The van der Waals surface area contributed by atoms with Crippen molar-refractivity contribution in [2.24, 2.45) is 5.73 Å². The number of β-amino-alcohol motifs (C(OH)–C–C–N with tert-alkyl or cyclic N) is 1. The van der Waals surface area contributed by atoms with Crippen molar-refractivity contribution in [1.29, 1.82) is 0 Å². The second-order valence-electron chi connectivity index (χ2n) is 6.36. The maximum Gasteiger partial charge on any atom is 0.227 e. The zero-order valence-corrected chi connectivity index (χ0v) is 15.7. The average molecular weight is 400 g/mol. The summed E-state index contributed by atoms with van der Waals surface area (Å²) in [7, 11) is 0. The molecular formula is C17H20Cl2FN5O. The molecule has 1 aliphatic rings. The molecule has 1 aromatic heterocycles. The maximum atomic E-state index is 14.2. The van der Waals surface area contributed by atoms with Gasteiger partial charge in [-0.05, 0) is 31.0 Å². The molecule has 140 valence electrons. The Morgan fingerprint density at radius 3 is 2.88 bits per heavy atom. The molecule has 1 fully saturated rings. The SMILES string of the molecule is CC(Nc1nc(N2CCC(N)C(O)C2)ncc1F)c1ccc(Cl)cc1Cl. The predicted molar refractivity (Wildman–Crippen MR) is 101 cm³/mol. The smallest absolute Gasteiger partial charge is 0.227 e. The van der Waals surface area contributed by atoms with Gasteiger partial charge in [0.15, 0.2) is 11.6 Å². The molecule has 9 heteroatoms. The lowest BCUT2D eigenvalue weighted by molar-refractivity contribution is 0.131. The fraction of sp³-hybridized carbons (Fsp3) is 0.412. The Bertz CT molecular complexity index is 794. The Hall–Kier alpha value is -1.67. The van der Waals surface area contributed by atoms with Crippen molar-refractivity contribution < 1.29 is 9.50 Å². The van der Waals surface area contributed by atoms with Gasteiger partial charge in [0.1, 0.15) is 0 Å². The summed E-state index contributed by atoms with van der Waals surface area (Å²) in [5.41, 5.74) is 6.59. The van der Waals surface area contributed by atoms with Crippen LogP contribution < -0.4 is 16.0 Å². The number of hydrogen-bond donors (Lipinski definition) is 3. The zero-order chi connectivity index (χ0) is 18.8. The number of hydrogen-bond acceptors (Lipinski definition) is 6. The van der Waals surface area contributed by atoms with Crippen molar-refractivity contribution in [3.63, 3.8) is 0 Å². The highest BCUT2D eigenvalue weighted by Gasteiger charge is 2.27. The third-order valence-corrected chi connectivity index (χ3v) is 4.99. The van der Waals surface area contributed by atoms with Crippen LogP contribution in [0.4, 0.5) is 16.2 Å². The van der Waals surface area contributed by atoms with Gasteiger partial charge in [0.05, 0.1) is 18.3 Å². The summed E-state index contributed by atoms with van der Waals surface area (Å²) < 4.78 is 14.2. The topological polar surface area (TPSA) is 87.3 Å². The van der Waals surface area contributed by atoms with E-state index in [0.717, 1.165) is 11.8 Å². The number of rotatable bonds is 4. The summed E-state index contributed by atoms with van der Waals surface area (Å²) in [6.45, 7) is 2.76. The maximum absolute atomic E-state index is 14.2. The first kappa shape index (κ1) is 19.1. The van der Waals surface area contributed by atoms with Gasteiger partial charge in [-0.2, -0.15) is 4.98 Å². The summed E-state index contributed by atoms with van der Waals surface area (Å²) in [5.74, 6) is -0.160. The van der Waals surface area contributed by atoms with Gasteiger partial charge in [-0.25, -0.2) is 9.37 Å². The summed E-state index contributed by atoms with van der Waals surface area (Å²) in [6, 6.07) is 4.58. The van der Waals surface area contributed by atoms with E-state index in [2.05, 4.69) is 15.3 Å². The Kier molecular flexibility index (Phi) is 5.82. The van der Waals surface area contributed by atoms with Crippen molar-refractivity contribution in [3.8, 4) is 0 Å². The van der Waals surface area contributed by atoms with Crippen molar-refractivity contribution in [1.82, 2.24) is 9.97 Å². The molecule has 4 N–H and O–H groups in total. The first-order valence-corrected chi connectivity index (χ1v) is 9.03. The van der Waals surface area contributed by atoms with Crippen LogP contribution in [0.3, 0.4) is 0 Å².